The predicted octanol–water partition coefficient (Wildman–Crippen LogP) is -4.89. The highest BCUT2D eigenvalue weighted by atomic mass is 16.8. The van der Waals surface area contributed by atoms with Crippen LogP contribution in [0.25, 0.3) is 0 Å². The van der Waals surface area contributed by atoms with Gasteiger partial charge in [-0.2, -0.15) is 0 Å². The SMILES string of the molecule is CC(=O)N[C@H]1[C@H]([C@H](O)[C@H](O)CO)O[C@](O[C@H]2[C@H](O)[C@@H](O)[C@H](OCCCCCN)O[C@@H]2CO)(C(=O)O)C[C@@H]1O. The Bertz CT molecular complexity index is 760. The number of carboxylic acid groups (broad SMARTS) is 1. The van der Waals surface area contributed by atoms with Crippen LogP contribution in [0.5, 0.6) is 0 Å². The molecule has 38 heavy (non-hydrogen) atoms. The lowest BCUT2D eigenvalue weighted by molar-refractivity contribution is -0.369. The molecule has 0 saturated carbocycles. The Hall–Kier alpha value is -1.54. The number of nitrogens with one attached hydrogen (secondary N) is 1. The maximum absolute atomic E-state index is 12.4. The second-order valence-corrected chi connectivity index (χ2v) is 9.39. The van der Waals surface area contributed by atoms with Crippen LogP contribution in [0.1, 0.15) is 32.6 Å². The lowest BCUT2D eigenvalue weighted by Gasteiger charge is -2.50. The van der Waals surface area contributed by atoms with E-state index in [4.69, 9.17) is 24.7 Å². The second-order valence-electron chi connectivity index (χ2n) is 9.39. The first-order valence-corrected chi connectivity index (χ1v) is 12.4. The molecular weight excluding hydrogens is 516 g/mol. The van der Waals surface area contributed by atoms with Gasteiger partial charge in [-0.3, -0.25) is 4.79 Å². The summed E-state index contributed by atoms with van der Waals surface area (Å²) in [6, 6.07) is -1.43. The fraction of sp³-hybridized carbons (Fsp3) is 0.909. The number of carbonyl (C=O) groups excluding carboxylic acids is 1. The summed E-state index contributed by atoms with van der Waals surface area (Å²) in [5.41, 5.74) is 5.43. The van der Waals surface area contributed by atoms with Gasteiger partial charge in [0.2, 0.25) is 5.91 Å². The number of aliphatic hydroxyl groups is 7. The van der Waals surface area contributed by atoms with Crippen molar-refractivity contribution in [1.29, 1.82) is 0 Å². The van der Waals surface area contributed by atoms with Crippen molar-refractivity contribution in [1.82, 2.24) is 5.32 Å². The number of carbonyl (C=O) groups is 2. The summed E-state index contributed by atoms with van der Waals surface area (Å²) in [5, 5.41) is 83.9. The summed E-state index contributed by atoms with van der Waals surface area (Å²) in [7, 11) is 0. The molecule has 0 aromatic rings. The molecule has 16 heteroatoms. The summed E-state index contributed by atoms with van der Waals surface area (Å²) in [6.45, 7) is -0.0368. The van der Waals surface area contributed by atoms with Crippen molar-refractivity contribution in [3.63, 3.8) is 0 Å². The third-order valence-corrected chi connectivity index (χ3v) is 6.46. The fourth-order valence-corrected chi connectivity index (χ4v) is 4.43. The van der Waals surface area contributed by atoms with Gasteiger partial charge in [0.15, 0.2) is 6.29 Å². The van der Waals surface area contributed by atoms with E-state index in [1.54, 1.807) is 0 Å². The van der Waals surface area contributed by atoms with Gasteiger partial charge in [0.25, 0.3) is 5.79 Å². The first-order chi connectivity index (χ1) is 17.9. The van der Waals surface area contributed by atoms with Crippen LogP contribution in [-0.4, -0.2) is 146 Å². The Morgan fingerprint density at radius 1 is 1.13 bits per heavy atom. The van der Waals surface area contributed by atoms with Crippen LogP contribution in [0.15, 0.2) is 0 Å². The van der Waals surface area contributed by atoms with Crippen LogP contribution < -0.4 is 11.1 Å². The fourth-order valence-electron chi connectivity index (χ4n) is 4.43. The highest BCUT2D eigenvalue weighted by Gasteiger charge is 2.59. The van der Waals surface area contributed by atoms with Crippen molar-refractivity contribution in [3.05, 3.63) is 0 Å². The molecule has 16 nitrogen and oxygen atoms in total. The summed E-state index contributed by atoms with van der Waals surface area (Å²) in [4.78, 5) is 24.0. The number of unbranched alkanes of at least 4 members (excludes halogenated alkanes) is 2. The molecule has 2 aliphatic heterocycles. The Morgan fingerprint density at radius 2 is 1.82 bits per heavy atom. The topological polar surface area (TPSA) is 271 Å². The van der Waals surface area contributed by atoms with Crippen molar-refractivity contribution in [2.24, 2.45) is 5.73 Å². The van der Waals surface area contributed by atoms with Crippen molar-refractivity contribution in [3.8, 4) is 0 Å². The molecule has 0 spiro atoms. The minimum absolute atomic E-state index is 0.143. The van der Waals surface area contributed by atoms with Crippen molar-refractivity contribution in [2.45, 2.75) is 99.6 Å². The number of carboxylic acids is 1. The summed E-state index contributed by atoms with van der Waals surface area (Å²) < 4.78 is 22.1. The van der Waals surface area contributed by atoms with E-state index < -0.39 is 98.5 Å². The van der Waals surface area contributed by atoms with Crippen LogP contribution in [0.3, 0.4) is 0 Å². The van der Waals surface area contributed by atoms with Gasteiger partial charge in [0.1, 0.15) is 42.7 Å². The summed E-state index contributed by atoms with van der Waals surface area (Å²) in [6.07, 6.45) is -14.3. The van der Waals surface area contributed by atoms with Gasteiger partial charge >= 0.3 is 5.97 Å². The van der Waals surface area contributed by atoms with E-state index in [-0.39, 0.29) is 6.61 Å². The van der Waals surface area contributed by atoms with Crippen LogP contribution in [0.2, 0.25) is 0 Å². The van der Waals surface area contributed by atoms with E-state index in [0.717, 1.165) is 19.8 Å². The molecule has 2 saturated heterocycles. The highest BCUT2D eigenvalue weighted by Crippen LogP contribution is 2.37. The Morgan fingerprint density at radius 3 is 2.37 bits per heavy atom. The van der Waals surface area contributed by atoms with E-state index in [2.05, 4.69) is 5.32 Å². The number of hydrogen-bond acceptors (Lipinski definition) is 14. The standard InChI is InChI=1S/C22H40N2O14/c1-10(27)24-14-11(28)7-22(21(33)34,38-19(14)15(30)12(29)8-25)37-18-13(9-26)36-20(17(32)16(18)31)35-6-4-2-3-5-23/h11-20,25-26,28-32H,2-9,23H2,1H3,(H,24,27)(H,33,34)/t11-,12+,13+,14+,15+,16+,17+,18+,19+,20+,22-/m0/s1. The number of amides is 1. The zero-order valence-electron chi connectivity index (χ0n) is 21.0. The van der Waals surface area contributed by atoms with E-state index in [1.807, 2.05) is 0 Å². The molecule has 2 heterocycles. The maximum Gasteiger partial charge on any atom is 0.364 e. The molecule has 0 aliphatic carbocycles. The van der Waals surface area contributed by atoms with Gasteiger partial charge in [0, 0.05) is 20.0 Å². The molecule has 0 aromatic heterocycles. The van der Waals surface area contributed by atoms with E-state index in [9.17, 15) is 50.4 Å². The molecule has 2 rings (SSSR count). The van der Waals surface area contributed by atoms with E-state index >= 15 is 0 Å². The predicted molar refractivity (Wildman–Crippen MR) is 124 cm³/mol. The average molecular weight is 557 g/mol. The number of aliphatic carboxylic acids is 1. The molecule has 2 fully saturated rings. The lowest BCUT2D eigenvalue weighted by atomic mass is 9.88. The van der Waals surface area contributed by atoms with Gasteiger partial charge in [-0.05, 0) is 25.8 Å². The second kappa shape index (κ2) is 14.7. The van der Waals surface area contributed by atoms with Crippen LogP contribution in [-0.2, 0) is 28.5 Å². The average Bonchev–Trinajstić information content (AvgIpc) is 2.87. The lowest BCUT2D eigenvalue weighted by Crippen LogP contribution is -2.70. The molecule has 0 bridgehead atoms. The van der Waals surface area contributed by atoms with Crippen molar-refractivity contribution in [2.75, 3.05) is 26.4 Å². The molecule has 11 atom stereocenters. The molecule has 11 N–H and O–H groups in total. The van der Waals surface area contributed by atoms with E-state index in [0.29, 0.717) is 13.0 Å². The maximum atomic E-state index is 12.4. The van der Waals surface area contributed by atoms with Crippen molar-refractivity contribution < 1.29 is 69.4 Å². The van der Waals surface area contributed by atoms with Gasteiger partial charge in [-0.25, -0.2) is 4.79 Å². The Labute approximate surface area is 218 Å². The third kappa shape index (κ3) is 7.77. The Kier molecular flexibility index (Phi) is 12.7. The quantitative estimate of drug-likeness (QED) is 0.0898. The normalized spacial score (nSPS) is 37.4. The minimum atomic E-state index is -2.81. The van der Waals surface area contributed by atoms with Crippen LogP contribution in [0.4, 0.5) is 0 Å². The summed E-state index contributed by atoms with van der Waals surface area (Å²) >= 11 is 0. The number of aliphatic hydroxyl groups excluding tert-OH is 7. The first kappa shape index (κ1) is 32.7. The van der Waals surface area contributed by atoms with Crippen molar-refractivity contribution >= 4 is 11.9 Å². The van der Waals surface area contributed by atoms with E-state index in [1.165, 1.54) is 0 Å². The smallest absolute Gasteiger partial charge is 0.364 e. The van der Waals surface area contributed by atoms with Crippen LogP contribution in [0, 0.1) is 0 Å². The highest BCUT2D eigenvalue weighted by molar-refractivity contribution is 5.76. The van der Waals surface area contributed by atoms with Crippen LogP contribution >= 0.6 is 0 Å². The molecule has 0 unspecified atom stereocenters. The third-order valence-electron chi connectivity index (χ3n) is 6.46. The summed E-state index contributed by atoms with van der Waals surface area (Å²) in [5.74, 6) is -5.32. The molecular formula is C22H40N2O14. The van der Waals surface area contributed by atoms with Gasteiger partial charge < -0.3 is 70.9 Å². The minimum Gasteiger partial charge on any atom is -0.477 e. The number of hydrogen-bond donors (Lipinski definition) is 10. The number of rotatable bonds is 14. The van der Waals surface area contributed by atoms with Gasteiger partial charge in [-0.1, -0.05) is 0 Å². The molecule has 0 aromatic carbocycles. The number of ether oxygens (including phenoxy) is 4. The van der Waals surface area contributed by atoms with Gasteiger partial charge in [-0.15, -0.1) is 0 Å². The number of nitrogens with two attached hydrogens (primary N) is 1. The first-order valence-electron chi connectivity index (χ1n) is 12.4. The largest absolute Gasteiger partial charge is 0.477 e. The zero-order chi connectivity index (χ0) is 28.6. The molecule has 1 amide bonds. The molecule has 222 valence electrons. The monoisotopic (exact) mass is 556 g/mol. The zero-order valence-corrected chi connectivity index (χ0v) is 21.0. The molecule has 0 radical (unpaired) electrons. The van der Waals surface area contributed by atoms with Gasteiger partial charge in [0.05, 0.1) is 25.4 Å². The molecule has 2 aliphatic rings. The Balaban J connectivity index is 2.29.